The van der Waals surface area contributed by atoms with Gasteiger partial charge in [-0.1, -0.05) is 37.6 Å². The predicted octanol–water partition coefficient (Wildman–Crippen LogP) is 3.69. The second-order valence-electron chi connectivity index (χ2n) is 6.58. The molecule has 1 aromatic carbocycles. The van der Waals surface area contributed by atoms with Gasteiger partial charge in [0.1, 0.15) is 0 Å². The minimum absolute atomic E-state index is 0.397. The first-order valence-electron chi connectivity index (χ1n) is 8.35. The fourth-order valence-corrected chi connectivity index (χ4v) is 3.39. The summed E-state index contributed by atoms with van der Waals surface area (Å²) < 4.78 is 0. The highest BCUT2D eigenvalue weighted by Crippen LogP contribution is 2.40. The van der Waals surface area contributed by atoms with Gasteiger partial charge in [-0.25, -0.2) is 0 Å². The molecule has 0 radical (unpaired) electrons. The number of rotatable bonds is 7. The Morgan fingerprint density at radius 2 is 1.85 bits per heavy atom. The third kappa shape index (κ3) is 3.07. The molecule has 1 aromatic rings. The van der Waals surface area contributed by atoms with E-state index in [0.717, 1.165) is 24.9 Å². The summed E-state index contributed by atoms with van der Waals surface area (Å²) >= 11 is 0. The van der Waals surface area contributed by atoms with E-state index >= 15 is 0 Å². The van der Waals surface area contributed by atoms with Gasteiger partial charge in [-0.3, -0.25) is 4.90 Å². The summed E-state index contributed by atoms with van der Waals surface area (Å²) in [6.07, 6.45) is 7.00. The largest absolute Gasteiger partial charge is 0.329 e. The number of benzene rings is 1. The van der Waals surface area contributed by atoms with Crippen LogP contribution in [-0.2, 0) is 0 Å². The van der Waals surface area contributed by atoms with Crippen molar-refractivity contribution in [3.63, 3.8) is 0 Å². The molecule has 3 rings (SSSR count). The van der Waals surface area contributed by atoms with E-state index in [1.807, 2.05) is 0 Å². The molecule has 1 unspecified atom stereocenters. The molecule has 0 spiro atoms. The summed E-state index contributed by atoms with van der Waals surface area (Å²) in [4.78, 5) is 2.58. The molecule has 0 aliphatic heterocycles. The maximum Gasteiger partial charge on any atom is 0.0470 e. The Morgan fingerprint density at radius 1 is 1.15 bits per heavy atom. The third-order valence-corrected chi connectivity index (χ3v) is 5.16. The van der Waals surface area contributed by atoms with Crippen molar-refractivity contribution in [1.82, 2.24) is 4.90 Å². The van der Waals surface area contributed by atoms with Crippen molar-refractivity contribution < 1.29 is 0 Å². The summed E-state index contributed by atoms with van der Waals surface area (Å²) in [6.45, 7) is 5.31. The standard InChI is InChI=1S/C18H28N2/c1-2-20(13-14-4-3-5-14)18(12-19)17-10-8-16(9-11-17)15-6-7-15/h8-11,14-15,18H,2-7,12-13,19H2,1H3. The van der Waals surface area contributed by atoms with Crippen LogP contribution in [0.5, 0.6) is 0 Å². The Bertz CT molecular complexity index is 418. The number of nitrogens with two attached hydrogens (primary N) is 1. The molecule has 1 atom stereocenters. The first kappa shape index (κ1) is 14.1. The molecule has 0 heterocycles. The zero-order chi connectivity index (χ0) is 13.9. The topological polar surface area (TPSA) is 29.3 Å². The highest BCUT2D eigenvalue weighted by molar-refractivity contribution is 5.30. The van der Waals surface area contributed by atoms with Gasteiger partial charge in [-0.15, -0.1) is 0 Å². The molecule has 2 heteroatoms. The van der Waals surface area contributed by atoms with Crippen LogP contribution in [0.4, 0.5) is 0 Å². The van der Waals surface area contributed by atoms with Gasteiger partial charge in [0, 0.05) is 19.1 Å². The van der Waals surface area contributed by atoms with E-state index in [2.05, 4.69) is 36.1 Å². The minimum Gasteiger partial charge on any atom is -0.329 e. The molecule has 2 fully saturated rings. The molecule has 0 aromatic heterocycles. The number of hydrogen-bond donors (Lipinski definition) is 1. The molecule has 20 heavy (non-hydrogen) atoms. The first-order valence-corrected chi connectivity index (χ1v) is 8.35. The lowest BCUT2D eigenvalue weighted by atomic mass is 9.84. The van der Waals surface area contributed by atoms with Gasteiger partial charge in [0.2, 0.25) is 0 Å². The SMILES string of the molecule is CCN(CC1CCC1)C(CN)c1ccc(C2CC2)cc1. The maximum absolute atomic E-state index is 6.08. The third-order valence-electron chi connectivity index (χ3n) is 5.16. The molecule has 2 N–H and O–H groups in total. The monoisotopic (exact) mass is 272 g/mol. The second-order valence-corrected chi connectivity index (χ2v) is 6.58. The molecule has 2 aliphatic carbocycles. The first-order chi connectivity index (χ1) is 9.81. The van der Waals surface area contributed by atoms with Crippen LogP contribution < -0.4 is 5.73 Å². The fourth-order valence-electron chi connectivity index (χ4n) is 3.39. The lowest BCUT2D eigenvalue weighted by Gasteiger charge is -2.36. The van der Waals surface area contributed by atoms with Crippen LogP contribution in [0.1, 0.15) is 62.1 Å². The molecule has 2 aliphatic rings. The molecule has 0 saturated heterocycles. The smallest absolute Gasteiger partial charge is 0.0470 e. The number of likely N-dealkylation sites (N-methyl/N-ethyl adjacent to an activating group) is 1. The molecular formula is C18H28N2. The summed E-state index contributed by atoms with van der Waals surface area (Å²) in [5.74, 6) is 1.76. The van der Waals surface area contributed by atoms with Crippen molar-refractivity contribution in [2.24, 2.45) is 11.7 Å². The average Bonchev–Trinajstić information content (AvgIpc) is 3.26. The normalized spacial score (nSPS) is 20.9. The van der Waals surface area contributed by atoms with Crippen LogP contribution in [0.3, 0.4) is 0 Å². The molecule has 2 saturated carbocycles. The Kier molecular flexibility index (Phi) is 4.42. The average molecular weight is 272 g/mol. The lowest BCUT2D eigenvalue weighted by molar-refractivity contribution is 0.141. The van der Waals surface area contributed by atoms with E-state index in [1.165, 1.54) is 49.8 Å². The zero-order valence-corrected chi connectivity index (χ0v) is 12.7. The van der Waals surface area contributed by atoms with Gasteiger partial charge in [0.05, 0.1) is 0 Å². The van der Waals surface area contributed by atoms with Crippen LogP contribution >= 0.6 is 0 Å². The van der Waals surface area contributed by atoms with Crippen molar-refractivity contribution in [3.05, 3.63) is 35.4 Å². The van der Waals surface area contributed by atoms with E-state index in [0.29, 0.717) is 6.04 Å². The van der Waals surface area contributed by atoms with Crippen molar-refractivity contribution in [1.29, 1.82) is 0 Å². The molecule has 0 bridgehead atoms. The minimum atomic E-state index is 0.397. The van der Waals surface area contributed by atoms with E-state index in [4.69, 9.17) is 5.73 Å². The Morgan fingerprint density at radius 3 is 2.30 bits per heavy atom. The van der Waals surface area contributed by atoms with Gasteiger partial charge in [0.15, 0.2) is 0 Å². The highest BCUT2D eigenvalue weighted by atomic mass is 15.2. The summed E-state index contributed by atoms with van der Waals surface area (Å²) in [5, 5.41) is 0. The Hall–Kier alpha value is -0.860. The lowest BCUT2D eigenvalue weighted by Crippen LogP contribution is -2.38. The van der Waals surface area contributed by atoms with E-state index in [-0.39, 0.29) is 0 Å². The van der Waals surface area contributed by atoms with Crippen LogP contribution in [0.15, 0.2) is 24.3 Å². The summed E-state index contributed by atoms with van der Waals surface area (Å²) in [7, 11) is 0. The summed E-state index contributed by atoms with van der Waals surface area (Å²) in [5.41, 5.74) is 9.01. The van der Waals surface area contributed by atoms with Gasteiger partial charge >= 0.3 is 0 Å². The van der Waals surface area contributed by atoms with Crippen molar-refractivity contribution in [2.45, 2.75) is 51.0 Å². The van der Waals surface area contributed by atoms with Crippen LogP contribution in [0.2, 0.25) is 0 Å². The van der Waals surface area contributed by atoms with Crippen LogP contribution in [0, 0.1) is 5.92 Å². The molecule has 2 nitrogen and oxygen atoms in total. The molecular weight excluding hydrogens is 244 g/mol. The molecule has 0 amide bonds. The second kappa shape index (κ2) is 6.28. The quantitative estimate of drug-likeness (QED) is 0.820. The van der Waals surface area contributed by atoms with Crippen LogP contribution in [-0.4, -0.2) is 24.5 Å². The number of nitrogens with zero attached hydrogens (tertiary/aromatic N) is 1. The predicted molar refractivity (Wildman–Crippen MR) is 84.8 cm³/mol. The fraction of sp³-hybridized carbons (Fsp3) is 0.667. The van der Waals surface area contributed by atoms with Crippen molar-refractivity contribution >= 4 is 0 Å². The highest BCUT2D eigenvalue weighted by Gasteiger charge is 2.26. The zero-order valence-electron chi connectivity index (χ0n) is 12.7. The van der Waals surface area contributed by atoms with Gasteiger partial charge in [0.25, 0.3) is 0 Å². The van der Waals surface area contributed by atoms with Crippen molar-refractivity contribution in [3.8, 4) is 0 Å². The van der Waals surface area contributed by atoms with Gasteiger partial charge in [-0.05, 0) is 55.2 Å². The van der Waals surface area contributed by atoms with Crippen molar-refractivity contribution in [2.75, 3.05) is 19.6 Å². The van der Waals surface area contributed by atoms with E-state index in [1.54, 1.807) is 0 Å². The Labute approximate surface area is 123 Å². The Balaban J connectivity index is 1.68. The maximum atomic E-state index is 6.08. The van der Waals surface area contributed by atoms with E-state index < -0.39 is 0 Å². The van der Waals surface area contributed by atoms with E-state index in [9.17, 15) is 0 Å². The van der Waals surface area contributed by atoms with Crippen LogP contribution in [0.25, 0.3) is 0 Å². The molecule has 110 valence electrons. The van der Waals surface area contributed by atoms with Gasteiger partial charge < -0.3 is 5.73 Å². The van der Waals surface area contributed by atoms with Gasteiger partial charge in [-0.2, -0.15) is 0 Å². The number of hydrogen-bond acceptors (Lipinski definition) is 2. The summed E-state index contributed by atoms with van der Waals surface area (Å²) in [6, 6.07) is 9.68.